The number of halogens is 1. The molecule has 2 rings (SSSR count). The molecule has 0 atom stereocenters. The van der Waals surface area contributed by atoms with Crippen molar-refractivity contribution in [1.82, 2.24) is 4.98 Å². The van der Waals surface area contributed by atoms with E-state index in [2.05, 4.69) is 4.98 Å². The highest BCUT2D eigenvalue weighted by Crippen LogP contribution is 2.29. The van der Waals surface area contributed by atoms with Crippen molar-refractivity contribution in [2.24, 2.45) is 0 Å². The van der Waals surface area contributed by atoms with E-state index < -0.39 is 0 Å². The molecule has 2 N–H and O–H groups in total. The van der Waals surface area contributed by atoms with Gasteiger partial charge in [-0.25, -0.2) is 4.98 Å². The summed E-state index contributed by atoms with van der Waals surface area (Å²) < 4.78 is 0. The van der Waals surface area contributed by atoms with E-state index in [0.29, 0.717) is 5.82 Å². The fraction of sp³-hybridized carbons (Fsp3) is 0.182. The van der Waals surface area contributed by atoms with Crippen LogP contribution in [0.4, 0.5) is 5.82 Å². The van der Waals surface area contributed by atoms with Crippen LogP contribution in [-0.4, -0.2) is 4.98 Å². The van der Waals surface area contributed by atoms with Gasteiger partial charge in [-0.1, -0.05) is 17.7 Å². The van der Waals surface area contributed by atoms with Gasteiger partial charge in [0.25, 0.3) is 0 Å². The Balaban J connectivity index is 2.95. The number of nitrogen functional groups attached to an aromatic ring is 1. The lowest BCUT2D eigenvalue weighted by atomic mass is 10.1. The van der Waals surface area contributed by atoms with Crippen LogP contribution in [0.2, 0.25) is 5.02 Å². The maximum absolute atomic E-state index is 6.20. The molecular formula is C11H11ClN2. The number of benzene rings is 1. The van der Waals surface area contributed by atoms with E-state index in [1.807, 2.05) is 32.0 Å². The zero-order valence-electron chi connectivity index (χ0n) is 8.13. The Hall–Kier alpha value is -1.28. The molecule has 14 heavy (non-hydrogen) atoms. The molecule has 0 fully saturated rings. The minimum atomic E-state index is 0.537. The Morgan fingerprint density at radius 3 is 2.64 bits per heavy atom. The van der Waals surface area contributed by atoms with Crippen LogP contribution in [0.25, 0.3) is 10.9 Å². The van der Waals surface area contributed by atoms with Crippen LogP contribution < -0.4 is 5.73 Å². The van der Waals surface area contributed by atoms with Gasteiger partial charge in [-0.2, -0.15) is 0 Å². The summed E-state index contributed by atoms with van der Waals surface area (Å²) in [7, 11) is 0. The molecule has 2 aromatic rings. The number of nitrogens with two attached hydrogens (primary N) is 1. The SMILES string of the molecule is Cc1ccc2nc(N)cc(C)c2c1Cl. The third-order valence-electron chi connectivity index (χ3n) is 2.32. The van der Waals surface area contributed by atoms with Crippen LogP contribution in [0.3, 0.4) is 0 Å². The first-order valence-corrected chi connectivity index (χ1v) is 4.79. The quantitative estimate of drug-likeness (QED) is 0.720. The number of nitrogens with zero attached hydrogens (tertiary/aromatic N) is 1. The number of rotatable bonds is 0. The maximum Gasteiger partial charge on any atom is 0.124 e. The van der Waals surface area contributed by atoms with Gasteiger partial charge < -0.3 is 5.73 Å². The number of anilines is 1. The maximum atomic E-state index is 6.20. The molecule has 2 nitrogen and oxygen atoms in total. The largest absolute Gasteiger partial charge is 0.384 e. The van der Waals surface area contributed by atoms with Crippen molar-refractivity contribution in [3.05, 3.63) is 34.3 Å². The van der Waals surface area contributed by atoms with Crippen LogP contribution in [0, 0.1) is 13.8 Å². The Labute approximate surface area is 87.7 Å². The fourth-order valence-corrected chi connectivity index (χ4v) is 1.91. The Kier molecular flexibility index (Phi) is 2.08. The first kappa shape index (κ1) is 9.28. The molecule has 1 heterocycles. The van der Waals surface area contributed by atoms with Gasteiger partial charge in [-0.05, 0) is 37.1 Å². The van der Waals surface area contributed by atoms with E-state index in [-0.39, 0.29) is 0 Å². The van der Waals surface area contributed by atoms with Crippen molar-refractivity contribution in [2.45, 2.75) is 13.8 Å². The molecule has 0 unspecified atom stereocenters. The third-order valence-corrected chi connectivity index (χ3v) is 2.81. The van der Waals surface area contributed by atoms with Crippen molar-refractivity contribution in [3.8, 4) is 0 Å². The molecule has 0 saturated heterocycles. The standard InChI is InChI=1S/C11H11ClN2/c1-6-3-4-8-10(11(6)12)7(2)5-9(13)14-8/h3-5H,1-2H3,(H2,13,14). The molecule has 0 saturated carbocycles. The second-order valence-corrected chi connectivity index (χ2v) is 3.83. The van der Waals surface area contributed by atoms with Gasteiger partial charge in [-0.15, -0.1) is 0 Å². The van der Waals surface area contributed by atoms with Crippen LogP contribution in [0.5, 0.6) is 0 Å². The second-order valence-electron chi connectivity index (χ2n) is 3.45. The van der Waals surface area contributed by atoms with Crippen LogP contribution >= 0.6 is 11.6 Å². The fourth-order valence-electron chi connectivity index (χ4n) is 1.60. The summed E-state index contributed by atoms with van der Waals surface area (Å²) in [6.07, 6.45) is 0. The zero-order valence-corrected chi connectivity index (χ0v) is 8.89. The van der Waals surface area contributed by atoms with E-state index in [1.54, 1.807) is 0 Å². The number of aryl methyl sites for hydroxylation is 2. The highest BCUT2D eigenvalue weighted by Gasteiger charge is 2.06. The molecule has 0 aliphatic rings. The smallest absolute Gasteiger partial charge is 0.124 e. The number of pyridine rings is 1. The van der Waals surface area contributed by atoms with Gasteiger partial charge in [0.2, 0.25) is 0 Å². The molecule has 1 aromatic carbocycles. The molecule has 0 aliphatic heterocycles. The molecule has 1 aromatic heterocycles. The molecule has 0 amide bonds. The Morgan fingerprint density at radius 2 is 1.93 bits per heavy atom. The Morgan fingerprint density at radius 1 is 1.21 bits per heavy atom. The predicted molar refractivity (Wildman–Crippen MR) is 60.6 cm³/mol. The summed E-state index contributed by atoms with van der Waals surface area (Å²) >= 11 is 6.20. The summed E-state index contributed by atoms with van der Waals surface area (Å²) in [4.78, 5) is 4.23. The minimum Gasteiger partial charge on any atom is -0.384 e. The van der Waals surface area contributed by atoms with Gasteiger partial charge >= 0.3 is 0 Å². The lowest BCUT2D eigenvalue weighted by Gasteiger charge is -2.07. The summed E-state index contributed by atoms with van der Waals surface area (Å²) in [6.45, 7) is 3.98. The van der Waals surface area contributed by atoms with E-state index in [0.717, 1.165) is 27.1 Å². The van der Waals surface area contributed by atoms with E-state index in [9.17, 15) is 0 Å². The van der Waals surface area contributed by atoms with Crippen molar-refractivity contribution >= 4 is 28.3 Å². The Bertz CT molecular complexity index is 506. The molecule has 0 spiro atoms. The molecule has 0 bridgehead atoms. The third kappa shape index (κ3) is 1.32. The van der Waals surface area contributed by atoms with E-state index in [4.69, 9.17) is 17.3 Å². The normalized spacial score (nSPS) is 10.8. The van der Waals surface area contributed by atoms with Crippen LogP contribution in [0.1, 0.15) is 11.1 Å². The van der Waals surface area contributed by atoms with Crippen molar-refractivity contribution in [2.75, 3.05) is 5.73 Å². The molecular weight excluding hydrogens is 196 g/mol. The van der Waals surface area contributed by atoms with Crippen molar-refractivity contribution in [3.63, 3.8) is 0 Å². The zero-order chi connectivity index (χ0) is 10.3. The molecule has 0 radical (unpaired) electrons. The number of fused-ring (bicyclic) bond motifs is 1. The van der Waals surface area contributed by atoms with Crippen molar-refractivity contribution < 1.29 is 0 Å². The molecule has 0 aliphatic carbocycles. The van der Waals surface area contributed by atoms with E-state index >= 15 is 0 Å². The average Bonchev–Trinajstić information content (AvgIpc) is 2.10. The van der Waals surface area contributed by atoms with Crippen LogP contribution in [0.15, 0.2) is 18.2 Å². The minimum absolute atomic E-state index is 0.537. The van der Waals surface area contributed by atoms with E-state index in [1.165, 1.54) is 0 Å². The van der Waals surface area contributed by atoms with Gasteiger partial charge in [-0.3, -0.25) is 0 Å². The highest BCUT2D eigenvalue weighted by atomic mass is 35.5. The second kappa shape index (κ2) is 3.14. The first-order valence-electron chi connectivity index (χ1n) is 4.41. The molecule has 72 valence electrons. The average molecular weight is 207 g/mol. The summed E-state index contributed by atoms with van der Waals surface area (Å²) in [5, 5.41) is 1.77. The monoisotopic (exact) mass is 206 g/mol. The summed E-state index contributed by atoms with van der Waals surface area (Å²) in [5.41, 5.74) is 8.65. The van der Waals surface area contributed by atoms with Gasteiger partial charge in [0.15, 0.2) is 0 Å². The lowest BCUT2D eigenvalue weighted by Crippen LogP contribution is -1.93. The summed E-state index contributed by atoms with van der Waals surface area (Å²) in [5.74, 6) is 0.537. The number of hydrogen-bond donors (Lipinski definition) is 1. The van der Waals surface area contributed by atoms with Crippen molar-refractivity contribution in [1.29, 1.82) is 0 Å². The van der Waals surface area contributed by atoms with Gasteiger partial charge in [0, 0.05) is 5.39 Å². The lowest BCUT2D eigenvalue weighted by molar-refractivity contribution is 1.36. The predicted octanol–water partition coefficient (Wildman–Crippen LogP) is 3.09. The number of aromatic nitrogens is 1. The van der Waals surface area contributed by atoms with Crippen LogP contribution in [-0.2, 0) is 0 Å². The topological polar surface area (TPSA) is 38.9 Å². The number of hydrogen-bond acceptors (Lipinski definition) is 2. The summed E-state index contributed by atoms with van der Waals surface area (Å²) in [6, 6.07) is 5.74. The van der Waals surface area contributed by atoms with Gasteiger partial charge in [0.05, 0.1) is 10.5 Å². The van der Waals surface area contributed by atoms with Gasteiger partial charge in [0.1, 0.15) is 5.82 Å². The molecule has 3 heteroatoms. The first-order chi connectivity index (χ1) is 6.59. The highest BCUT2D eigenvalue weighted by molar-refractivity contribution is 6.36.